The lowest BCUT2D eigenvalue weighted by Crippen LogP contribution is -2.18. The van der Waals surface area contributed by atoms with Crippen LogP contribution in [0, 0.1) is 5.92 Å². The SMILES string of the molecule is C[C@@H](O)c1ccn(CC2CCC2)n1. The van der Waals surface area contributed by atoms with Gasteiger partial charge in [0.05, 0.1) is 11.8 Å². The van der Waals surface area contributed by atoms with E-state index < -0.39 is 6.10 Å². The molecule has 0 saturated heterocycles. The van der Waals surface area contributed by atoms with Gasteiger partial charge in [-0.25, -0.2) is 0 Å². The van der Waals surface area contributed by atoms with E-state index in [1.807, 2.05) is 16.9 Å². The molecule has 72 valence electrons. The Morgan fingerprint density at radius 1 is 1.69 bits per heavy atom. The third-order valence-electron chi connectivity index (χ3n) is 2.76. The van der Waals surface area contributed by atoms with Crippen LogP contribution in [-0.4, -0.2) is 14.9 Å². The Labute approximate surface area is 78.4 Å². The first-order valence-electron chi connectivity index (χ1n) is 4.97. The van der Waals surface area contributed by atoms with Crippen LogP contribution in [0.3, 0.4) is 0 Å². The number of aliphatic hydroxyl groups is 1. The molecular weight excluding hydrogens is 164 g/mol. The maximum Gasteiger partial charge on any atom is 0.0950 e. The van der Waals surface area contributed by atoms with Crippen molar-refractivity contribution in [3.8, 4) is 0 Å². The van der Waals surface area contributed by atoms with Gasteiger partial charge in [-0.1, -0.05) is 6.42 Å². The first kappa shape index (κ1) is 8.75. The molecule has 0 spiro atoms. The zero-order valence-electron chi connectivity index (χ0n) is 7.98. The second kappa shape index (κ2) is 3.50. The summed E-state index contributed by atoms with van der Waals surface area (Å²) in [5.74, 6) is 0.821. The van der Waals surface area contributed by atoms with E-state index >= 15 is 0 Å². The van der Waals surface area contributed by atoms with Crippen molar-refractivity contribution in [1.29, 1.82) is 0 Å². The van der Waals surface area contributed by atoms with Gasteiger partial charge in [0.2, 0.25) is 0 Å². The standard InChI is InChI=1S/C10H16N2O/c1-8(13)10-5-6-12(11-10)7-9-3-2-4-9/h5-6,8-9,13H,2-4,7H2,1H3/t8-/m1/s1. The maximum absolute atomic E-state index is 9.27. The molecular formula is C10H16N2O. The predicted octanol–water partition coefficient (Wildman–Crippen LogP) is 1.74. The molecule has 1 aliphatic rings. The minimum atomic E-state index is -0.442. The van der Waals surface area contributed by atoms with Crippen LogP contribution in [0.1, 0.15) is 38.0 Å². The minimum absolute atomic E-state index is 0.442. The molecule has 0 amide bonds. The highest BCUT2D eigenvalue weighted by Gasteiger charge is 2.18. The molecule has 2 rings (SSSR count). The van der Waals surface area contributed by atoms with Crippen molar-refractivity contribution in [1.82, 2.24) is 9.78 Å². The lowest BCUT2D eigenvalue weighted by molar-refractivity contribution is 0.191. The summed E-state index contributed by atoms with van der Waals surface area (Å²) in [7, 11) is 0. The van der Waals surface area contributed by atoms with E-state index in [1.54, 1.807) is 6.92 Å². The monoisotopic (exact) mass is 180 g/mol. The maximum atomic E-state index is 9.27. The van der Waals surface area contributed by atoms with E-state index in [-0.39, 0.29) is 0 Å². The fourth-order valence-corrected chi connectivity index (χ4v) is 1.64. The highest BCUT2D eigenvalue weighted by molar-refractivity contribution is 5.01. The first-order valence-corrected chi connectivity index (χ1v) is 4.97. The van der Waals surface area contributed by atoms with Gasteiger partial charge in [-0.2, -0.15) is 5.10 Å². The summed E-state index contributed by atoms with van der Waals surface area (Å²) in [6.07, 6.45) is 5.56. The van der Waals surface area contributed by atoms with Crippen LogP contribution in [-0.2, 0) is 6.54 Å². The largest absolute Gasteiger partial charge is 0.387 e. The summed E-state index contributed by atoms with van der Waals surface area (Å²) in [6.45, 7) is 2.77. The summed E-state index contributed by atoms with van der Waals surface area (Å²) in [5, 5.41) is 13.6. The molecule has 3 nitrogen and oxygen atoms in total. The molecule has 1 aromatic rings. The Bertz CT molecular complexity index is 276. The summed E-state index contributed by atoms with van der Waals surface area (Å²) in [5.41, 5.74) is 0.777. The fraction of sp³-hybridized carbons (Fsp3) is 0.700. The van der Waals surface area contributed by atoms with Crippen LogP contribution in [0.25, 0.3) is 0 Å². The van der Waals surface area contributed by atoms with Crippen LogP contribution < -0.4 is 0 Å². The lowest BCUT2D eigenvalue weighted by atomic mass is 9.85. The second-order valence-electron chi connectivity index (χ2n) is 3.94. The molecule has 0 aliphatic heterocycles. The normalized spacial score (nSPS) is 19.8. The second-order valence-corrected chi connectivity index (χ2v) is 3.94. The average molecular weight is 180 g/mol. The van der Waals surface area contributed by atoms with Gasteiger partial charge in [0.1, 0.15) is 0 Å². The Kier molecular flexibility index (Phi) is 2.36. The molecule has 1 heterocycles. The van der Waals surface area contributed by atoms with Gasteiger partial charge in [0.25, 0.3) is 0 Å². The molecule has 0 aromatic carbocycles. The highest BCUT2D eigenvalue weighted by atomic mass is 16.3. The molecule has 0 bridgehead atoms. The topological polar surface area (TPSA) is 38.0 Å². The summed E-state index contributed by atoms with van der Waals surface area (Å²) in [4.78, 5) is 0. The summed E-state index contributed by atoms with van der Waals surface area (Å²) in [6, 6.07) is 1.89. The molecule has 1 aliphatic carbocycles. The van der Waals surface area contributed by atoms with Gasteiger partial charge in [0, 0.05) is 12.7 Å². The molecule has 1 N–H and O–H groups in total. The van der Waals surface area contributed by atoms with Gasteiger partial charge in [-0.3, -0.25) is 4.68 Å². The number of rotatable bonds is 3. The smallest absolute Gasteiger partial charge is 0.0950 e. The number of nitrogens with zero attached hydrogens (tertiary/aromatic N) is 2. The van der Waals surface area contributed by atoms with Crippen molar-refractivity contribution in [3.63, 3.8) is 0 Å². The van der Waals surface area contributed by atoms with E-state index in [4.69, 9.17) is 0 Å². The highest BCUT2D eigenvalue weighted by Crippen LogP contribution is 2.27. The van der Waals surface area contributed by atoms with Gasteiger partial charge >= 0.3 is 0 Å². The Hall–Kier alpha value is -0.830. The predicted molar refractivity (Wildman–Crippen MR) is 50.2 cm³/mol. The molecule has 3 heteroatoms. The van der Waals surface area contributed by atoms with Gasteiger partial charge < -0.3 is 5.11 Å². The molecule has 0 radical (unpaired) electrons. The number of aliphatic hydroxyl groups excluding tert-OH is 1. The zero-order valence-corrected chi connectivity index (χ0v) is 7.98. The van der Waals surface area contributed by atoms with Crippen molar-refractivity contribution >= 4 is 0 Å². The number of aromatic nitrogens is 2. The lowest BCUT2D eigenvalue weighted by Gasteiger charge is -2.24. The first-order chi connectivity index (χ1) is 6.25. The van der Waals surface area contributed by atoms with Gasteiger partial charge in [0.15, 0.2) is 0 Å². The van der Waals surface area contributed by atoms with Crippen LogP contribution >= 0.6 is 0 Å². The minimum Gasteiger partial charge on any atom is -0.387 e. The Morgan fingerprint density at radius 2 is 2.46 bits per heavy atom. The van der Waals surface area contributed by atoms with Gasteiger partial charge in [-0.15, -0.1) is 0 Å². The quantitative estimate of drug-likeness (QED) is 0.769. The zero-order chi connectivity index (χ0) is 9.26. The van der Waals surface area contributed by atoms with Crippen molar-refractivity contribution < 1.29 is 5.11 Å². The molecule has 1 fully saturated rings. The molecule has 1 atom stereocenters. The van der Waals surface area contributed by atoms with Crippen LogP contribution in [0.2, 0.25) is 0 Å². The fourth-order valence-electron chi connectivity index (χ4n) is 1.64. The third kappa shape index (κ3) is 1.91. The van der Waals surface area contributed by atoms with Crippen LogP contribution in [0.4, 0.5) is 0 Å². The van der Waals surface area contributed by atoms with Crippen molar-refractivity contribution in [2.75, 3.05) is 0 Å². The molecule has 1 saturated carbocycles. The Morgan fingerprint density at radius 3 is 2.92 bits per heavy atom. The number of hydrogen-bond donors (Lipinski definition) is 1. The van der Waals surface area contributed by atoms with Crippen molar-refractivity contribution in [2.24, 2.45) is 5.92 Å². The number of hydrogen-bond acceptors (Lipinski definition) is 2. The van der Waals surface area contributed by atoms with Crippen molar-refractivity contribution in [3.05, 3.63) is 18.0 Å². The summed E-state index contributed by atoms with van der Waals surface area (Å²) >= 11 is 0. The van der Waals surface area contributed by atoms with E-state index in [2.05, 4.69) is 5.10 Å². The summed E-state index contributed by atoms with van der Waals surface area (Å²) < 4.78 is 1.95. The Balaban J connectivity index is 1.96. The van der Waals surface area contributed by atoms with Crippen molar-refractivity contribution in [2.45, 2.75) is 38.8 Å². The molecule has 13 heavy (non-hydrogen) atoms. The molecule has 1 aromatic heterocycles. The van der Waals surface area contributed by atoms with E-state index in [1.165, 1.54) is 19.3 Å². The van der Waals surface area contributed by atoms with Gasteiger partial charge in [-0.05, 0) is 31.7 Å². The van der Waals surface area contributed by atoms with E-state index in [0.717, 1.165) is 18.2 Å². The van der Waals surface area contributed by atoms with Crippen LogP contribution in [0.15, 0.2) is 12.3 Å². The molecule has 0 unspecified atom stereocenters. The van der Waals surface area contributed by atoms with E-state index in [0.29, 0.717) is 0 Å². The average Bonchev–Trinajstić information content (AvgIpc) is 2.44. The third-order valence-corrected chi connectivity index (χ3v) is 2.76. The van der Waals surface area contributed by atoms with E-state index in [9.17, 15) is 5.11 Å². The van der Waals surface area contributed by atoms with Crippen LogP contribution in [0.5, 0.6) is 0 Å².